The molecule has 1 rings (SSSR count). The van der Waals surface area contributed by atoms with Crippen LogP contribution < -0.4 is 11.1 Å². The summed E-state index contributed by atoms with van der Waals surface area (Å²) in [6.07, 6.45) is 0.955. The number of anilines is 1. The minimum absolute atomic E-state index is 0.119. The molecule has 0 aliphatic carbocycles. The predicted molar refractivity (Wildman–Crippen MR) is 67.3 cm³/mol. The molecule has 0 unspecified atom stereocenters. The molecule has 4 nitrogen and oxygen atoms in total. The highest BCUT2D eigenvalue weighted by Crippen LogP contribution is 2.15. The minimum atomic E-state index is -0.355. The minimum Gasteiger partial charge on any atom is -0.326 e. The van der Waals surface area contributed by atoms with Crippen LogP contribution in [0.1, 0.15) is 32.3 Å². The van der Waals surface area contributed by atoms with Crippen LogP contribution in [0, 0.1) is 11.3 Å². The summed E-state index contributed by atoms with van der Waals surface area (Å²) in [5.41, 5.74) is 6.46. The molecule has 17 heavy (non-hydrogen) atoms. The molecule has 0 saturated carbocycles. The molecule has 0 aliphatic rings. The Morgan fingerprint density at radius 1 is 1.47 bits per heavy atom. The Balaban J connectivity index is 2.60. The van der Waals surface area contributed by atoms with Crippen molar-refractivity contribution in [1.82, 2.24) is 0 Å². The number of nitriles is 1. The monoisotopic (exact) mass is 231 g/mol. The van der Waals surface area contributed by atoms with E-state index < -0.39 is 0 Å². The van der Waals surface area contributed by atoms with E-state index in [0.717, 1.165) is 0 Å². The van der Waals surface area contributed by atoms with Gasteiger partial charge in [0.05, 0.1) is 11.3 Å². The average molecular weight is 231 g/mol. The SMILES string of the molecule is CC(C)(N)CCC(=O)Nc1ccccc1C#N. The molecule has 3 N–H and O–H groups in total. The second-order valence-corrected chi connectivity index (χ2v) is 4.69. The lowest BCUT2D eigenvalue weighted by Crippen LogP contribution is -2.33. The second kappa shape index (κ2) is 5.46. The van der Waals surface area contributed by atoms with Gasteiger partial charge >= 0.3 is 0 Å². The van der Waals surface area contributed by atoms with Gasteiger partial charge < -0.3 is 11.1 Å². The van der Waals surface area contributed by atoms with Gasteiger partial charge in [-0.05, 0) is 32.4 Å². The number of carbonyl (C=O) groups excluding carboxylic acids is 1. The van der Waals surface area contributed by atoms with Crippen molar-refractivity contribution in [3.8, 4) is 6.07 Å². The number of nitrogens with zero attached hydrogens (tertiary/aromatic N) is 1. The third-order valence-electron chi connectivity index (χ3n) is 2.32. The summed E-state index contributed by atoms with van der Waals surface area (Å²) in [4.78, 5) is 11.7. The quantitative estimate of drug-likeness (QED) is 0.832. The maximum absolute atomic E-state index is 11.7. The molecule has 0 aromatic heterocycles. The van der Waals surface area contributed by atoms with Crippen molar-refractivity contribution in [3.63, 3.8) is 0 Å². The van der Waals surface area contributed by atoms with Gasteiger partial charge in [-0.1, -0.05) is 12.1 Å². The number of benzene rings is 1. The van der Waals surface area contributed by atoms with E-state index in [4.69, 9.17) is 11.0 Å². The smallest absolute Gasteiger partial charge is 0.224 e. The maximum Gasteiger partial charge on any atom is 0.224 e. The summed E-state index contributed by atoms with van der Waals surface area (Å²) in [7, 11) is 0. The van der Waals surface area contributed by atoms with Gasteiger partial charge in [-0.15, -0.1) is 0 Å². The number of carbonyl (C=O) groups is 1. The lowest BCUT2D eigenvalue weighted by atomic mass is 10.00. The van der Waals surface area contributed by atoms with Crippen LogP contribution in [0.4, 0.5) is 5.69 Å². The Labute approximate surface area is 101 Å². The molecular formula is C13H17N3O. The van der Waals surface area contributed by atoms with Gasteiger partial charge in [0.15, 0.2) is 0 Å². The van der Waals surface area contributed by atoms with Crippen LogP contribution in [-0.4, -0.2) is 11.4 Å². The molecule has 0 heterocycles. The fourth-order valence-electron chi connectivity index (χ4n) is 1.34. The van der Waals surface area contributed by atoms with E-state index in [-0.39, 0.29) is 11.4 Å². The molecule has 1 amide bonds. The molecule has 4 heteroatoms. The molecule has 1 aromatic carbocycles. The number of nitrogens with two attached hydrogens (primary N) is 1. The highest BCUT2D eigenvalue weighted by molar-refractivity contribution is 5.92. The largest absolute Gasteiger partial charge is 0.326 e. The van der Waals surface area contributed by atoms with Crippen molar-refractivity contribution >= 4 is 11.6 Å². The summed E-state index contributed by atoms with van der Waals surface area (Å²) in [6.45, 7) is 3.76. The van der Waals surface area contributed by atoms with Gasteiger partial charge in [-0.2, -0.15) is 5.26 Å². The zero-order valence-corrected chi connectivity index (χ0v) is 10.2. The van der Waals surface area contributed by atoms with E-state index in [9.17, 15) is 4.79 Å². The first-order valence-electron chi connectivity index (χ1n) is 5.50. The second-order valence-electron chi connectivity index (χ2n) is 4.69. The molecule has 0 bridgehead atoms. The average Bonchev–Trinajstić information content (AvgIpc) is 2.26. The van der Waals surface area contributed by atoms with E-state index in [1.807, 2.05) is 19.9 Å². The van der Waals surface area contributed by atoms with E-state index in [1.54, 1.807) is 24.3 Å². The summed E-state index contributed by atoms with van der Waals surface area (Å²) in [5, 5.41) is 11.6. The summed E-state index contributed by atoms with van der Waals surface area (Å²) in [5.74, 6) is -0.119. The normalized spacial score (nSPS) is 10.7. The van der Waals surface area contributed by atoms with Gasteiger partial charge in [0.1, 0.15) is 6.07 Å². The van der Waals surface area contributed by atoms with Crippen LogP contribution in [0.5, 0.6) is 0 Å². The van der Waals surface area contributed by atoms with E-state index in [2.05, 4.69) is 5.32 Å². The van der Waals surface area contributed by atoms with Crippen LogP contribution in [0.3, 0.4) is 0 Å². The number of para-hydroxylation sites is 1. The Bertz CT molecular complexity index is 441. The fraction of sp³-hybridized carbons (Fsp3) is 0.385. The van der Waals surface area contributed by atoms with Crippen molar-refractivity contribution < 1.29 is 4.79 Å². The van der Waals surface area contributed by atoms with Crippen LogP contribution in [-0.2, 0) is 4.79 Å². The van der Waals surface area contributed by atoms with Crippen LogP contribution in [0.15, 0.2) is 24.3 Å². The van der Waals surface area contributed by atoms with Crippen molar-refractivity contribution in [2.45, 2.75) is 32.2 Å². The van der Waals surface area contributed by atoms with Gasteiger partial charge in [-0.3, -0.25) is 4.79 Å². The Morgan fingerprint density at radius 2 is 2.12 bits per heavy atom. The highest BCUT2D eigenvalue weighted by Gasteiger charge is 2.13. The summed E-state index contributed by atoms with van der Waals surface area (Å²) < 4.78 is 0. The molecule has 0 aliphatic heterocycles. The Hall–Kier alpha value is -1.86. The van der Waals surface area contributed by atoms with E-state index in [1.165, 1.54) is 0 Å². The fourth-order valence-corrected chi connectivity index (χ4v) is 1.34. The van der Waals surface area contributed by atoms with Crippen LogP contribution in [0.2, 0.25) is 0 Å². The highest BCUT2D eigenvalue weighted by atomic mass is 16.1. The molecule has 0 saturated heterocycles. The van der Waals surface area contributed by atoms with Gasteiger partial charge in [0, 0.05) is 12.0 Å². The summed E-state index contributed by atoms with van der Waals surface area (Å²) >= 11 is 0. The van der Waals surface area contributed by atoms with Crippen molar-refractivity contribution in [2.24, 2.45) is 5.73 Å². The number of amides is 1. The molecule has 0 fully saturated rings. The molecule has 0 spiro atoms. The first kappa shape index (κ1) is 13.2. The first-order valence-corrected chi connectivity index (χ1v) is 5.50. The van der Waals surface area contributed by atoms with Crippen LogP contribution >= 0.6 is 0 Å². The van der Waals surface area contributed by atoms with Crippen molar-refractivity contribution in [1.29, 1.82) is 5.26 Å². The zero-order valence-electron chi connectivity index (χ0n) is 10.2. The zero-order chi connectivity index (χ0) is 12.9. The Kier molecular flexibility index (Phi) is 4.24. The van der Waals surface area contributed by atoms with Gasteiger partial charge in [-0.25, -0.2) is 0 Å². The lowest BCUT2D eigenvalue weighted by molar-refractivity contribution is -0.116. The van der Waals surface area contributed by atoms with Crippen molar-refractivity contribution in [2.75, 3.05) is 5.32 Å². The molecule has 0 atom stereocenters. The number of hydrogen-bond acceptors (Lipinski definition) is 3. The summed E-state index contributed by atoms with van der Waals surface area (Å²) in [6, 6.07) is 8.96. The van der Waals surface area contributed by atoms with Gasteiger partial charge in [0.25, 0.3) is 0 Å². The molecule has 1 aromatic rings. The van der Waals surface area contributed by atoms with Gasteiger partial charge in [0.2, 0.25) is 5.91 Å². The lowest BCUT2D eigenvalue weighted by Gasteiger charge is -2.17. The molecular weight excluding hydrogens is 214 g/mol. The number of rotatable bonds is 4. The first-order chi connectivity index (χ1) is 7.92. The number of nitrogens with one attached hydrogen (secondary N) is 1. The molecule has 90 valence electrons. The topological polar surface area (TPSA) is 78.9 Å². The Morgan fingerprint density at radius 3 is 2.71 bits per heavy atom. The maximum atomic E-state index is 11.7. The van der Waals surface area contributed by atoms with E-state index in [0.29, 0.717) is 24.1 Å². The van der Waals surface area contributed by atoms with Crippen molar-refractivity contribution in [3.05, 3.63) is 29.8 Å². The third kappa shape index (κ3) is 4.66. The van der Waals surface area contributed by atoms with E-state index >= 15 is 0 Å². The number of hydrogen-bond donors (Lipinski definition) is 2. The third-order valence-corrected chi connectivity index (χ3v) is 2.32. The molecule has 0 radical (unpaired) electrons. The van der Waals surface area contributed by atoms with Crippen LogP contribution in [0.25, 0.3) is 0 Å². The standard InChI is InChI=1S/C13H17N3O/c1-13(2,15)8-7-12(17)16-11-6-4-3-5-10(11)9-14/h3-6H,7-8,15H2,1-2H3,(H,16,17). The predicted octanol–water partition coefficient (Wildman–Crippen LogP) is 2.01.